The van der Waals surface area contributed by atoms with Gasteiger partial charge in [-0.25, -0.2) is 0 Å². The van der Waals surface area contributed by atoms with E-state index in [4.69, 9.17) is 0 Å². The normalized spacial score (nSPS) is 52.4. The van der Waals surface area contributed by atoms with E-state index >= 15 is 0 Å². The third-order valence-electron chi connectivity index (χ3n) is 20.8. The third kappa shape index (κ3) is 4.47. The molecule has 54 heavy (non-hydrogen) atoms. The average molecular weight is 723 g/mol. The summed E-state index contributed by atoms with van der Waals surface area (Å²) in [5, 5.41) is 0. The Morgan fingerprint density at radius 2 is 0.778 bits per heavy atom. The van der Waals surface area contributed by atoms with Gasteiger partial charge in [0.25, 0.3) is 0 Å². The second-order valence-corrected chi connectivity index (χ2v) is 22.6. The number of para-hydroxylation sites is 2. The lowest BCUT2D eigenvalue weighted by atomic mass is 9.36. The summed E-state index contributed by atoms with van der Waals surface area (Å²) in [6.45, 7) is 0. The van der Waals surface area contributed by atoms with Crippen LogP contribution >= 0.6 is 0 Å². The number of nitrogens with zero attached hydrogens (tertiary/aromatic N) is 2. The van der Waals surface area contributed by atoms with Gasteiger partial charge in [0.05, 0.1) is 0 Å². The summed E-state index contributed by atoms with van der Waals surface area (Å²) in [6, 6.07) is 27.4. The molecule has 14 atom stereocenters. The molecule has 10 aliphatic carbocycles. The van der Waals surface area contributed by atoms with Gasteiger partial charge in [-0.15, -0.1) is 0 Å². The Balaban J connectivity index is 0.930. The number of fused-ring (bicyclic) bond motifs is 10. The number of hydrogen-bond acceptors (Lipinski definition) is 2. The van der Waals surface area contributed by atoms with Crippen LogP contribution in [0, 0.1) is 81.8 Å². The lowest BCUT2D eigenvalue weighted by Crippen LogP contribution is -2.60. The molecule has 288 valence electrons. The second-order valence-electron chi connectivity index (χ2n) is 22.6. The van der Waals surface area contributed by atoms with Gasteiger partial charge in [-0.05, 0) is 196 Å². The summed E-state index contributed by atoms with van der Waals surface area (Å²) >= 11 is 0. The fraction of sp³-hybridized carbons (Fsp3) is 0.769. The maximum Gasteiger partial charge on any atom is 0.0371 e. The largest absolute Gasteiger partial charge is 0.365 e. The van der Waals surface area contributed by atoms with Crippen molar-refractivity contribution in [1.82, 2.24) is 0 Å². The van der Waals surface area contributed by atoms with Crippen LogP contribution in [0.15, 0.2) is 60.7 Å². The highest BCUT2D eigenvalue weighted by atomic mass is 15.3. The van der Waals surface area contributed by atoms with Gasteiger partial charge in [-0.1, -0.05) is 87.8 Å². The zero-order valence-electron chi connectivity index (χ0n) is 33.5. The van der Waals surface area contributed by atoms with E-state index < -0.39 is 0 Å². The molecule has 2 saturated heterocycles. The van der Waals surface area contributed by atoms with E-state index in [0.717, 1.165) is 95.2 Å². The van der Waals surface area contributed by atoms with E-state index in [1.807, 2.05) is 0 Å². The zero-order valence-corrected chi connectivity index (χ0v) is 33.5. The minimum atomic E-state index is 0.643. The number of anilines is 2. The van der Waals surface area contributed by atoms with Crippen LogP contribution in [-0.4, -0.2) is 24.2 Å². The number of hydrogen-bond donors (Lipinski definition) is 0. The molecule has 2 aliphatic heterocycles. The Morgan fingerprint density at radius 1 is 0.407 bits per heavy atom. The highest BCUT2D eigenvalue weighted by Crippen LogP contribution is 2.79. The van der Waals surface area contributed by atoms with E-state index in [9.17, 15) is 0 Å². The first-order valence-electron chi connectivity index (χ1n) is 24.4. The van der Waals surface area contributed by atoms with Gasteiger partial charge in [0, 0.05) is 35.5 Å². The molecule has 14 unspecified atom stereocenters. The summed E-state index contributed by atoms with van der Waals surface area (Å²) in [6.07, 6.45) is 34.1. The van der Waals surface area contributed by atoms with Gasteiger partial charge in [0.15, 0.2) is 0 Å². The summed E-state index contributed by atoms with van der Waals surface area (Å²) in [4.78, 5) is 6.34. The molecule has 10 saturated carbocycles. The van der Waals surface area contributed by atoms with Crippen molar-refractivity contribution in [3.8, 4) is 0 Å². The minimum absolute atomic E-state index is 0.643. The predicted molar refractivity (Wildman–Crippen MR) is 221 cm³/mol. The first-order chi connectivity index (χ1) is 26.7. The lowest BCUT2D eigenvalue weighted by Gasteiger charge is -2.68. The quantitative estimate of drug-likeness (QED) is 0.310. The molecular weight excluding hydrogens is 653 g/mol. The van der Waals surface area contributed by atoms with Crippen LogP contribution in [0.3, 0.4) is 0 Å². The van der Waals surface area contributed by atoms with Crippen LogP contribution in [-0.2, 0) is 0 Å². The smallest absolute Gasteiger partial charge is 0.0371 e. The van der Waals surface area contributed by atoms with Crippen molar-refractivity contribution in [2.24, 2.45) is 81.8 Å². The zero-order chi connectivity index (χ0) is 35.2. The Labute approximate surface area is 328 Å². The summed E-state index contributed by atoms with van der Waals surface area (Å²) in [7, 11) is 0. The van der Waals surface area contributed by atoms with Gasteiger partial charge in [-0.3, -0.25) is 0 Å². The Kier molecular flexibility index (Phi) is 7.51. The monoisotopic (exact) mass is 723 g/mol. The molecule has 0 N–H and O–H groups in total. The van der Waals surface area contributed by atoms with Crippen LogP contribution in [0.2, 0.25) is 0 Å². The van der Waals surface area contributed by atoms with E-state index in [1.165, 1.54) is 89.9 Å². The van der Waals surface area contributed by atoms with Crippen molar-refractivity contribution in [2.45, 2.75) is 165 Å². The van der Waals surface area contributed by atoms with Crippen molar-refractivity contribution in [1.29, 1.82) is 0 Å². The average Bonchev–Trinajstić information content (AvgIpc) is 3.93. The Hall–Kier alpha value is -1.96. The molecular formula is C52H70N2. The van der Waals surface area contributed by atoms with Crippen molar-refractivity contribution < 1.29 is 0 Å². The number of benzene rings is 2. The molecule has 12 aliphatic rings. The molecule has 0 amide bonds. The van der Waals surface area contributed by atoms with E-state index in [-0.39, 0.29) is 0 Å². The third-order valence-corrected chi connectivity index (χ3v) is 20.8. The molecule has 4 bridgehead atoms. The fourth-order valence-electron chi connectivity index (χ4n) is 20.7. The first-order valence-corrected chi connectivity index (χ1v) is 24.4. The lowest BCUT2D eigenvalue weighted by molar-refractivity contribution is -0.190. The molecule has 0 aromatic heterocycles. The van der Waals surface area contributed by atoms with E-state index in [1.54, 1.807) is 62.7 Å². The highest BCUT2D eigenvalue weighted by Gasteiger charge is 2.74. The SMILES string of the molecule is c1ccc(N2C3CCCCC3C3C2C2CCCCC2C3C23CC4CC(C2)CC(C2C5CCCCC5C5C2C2CCCCC2N5c2ccccc2)(C4)C3)cc1. The molecule has 2 nitrogen and oxygen atoms in total. The molecule has 0 spiro atoms. The van der Waals surface area contributed by atoms with Crippen molar-refractivity contribution in [3.63, 3.8) is 0 Å². The molecule has 2 aromatic rings. The van der Waals surface area contributed by atoms with Gasteiger partial charge in [-0.2, -0.15) is 0 Å². The molecule has 2 heteroatoms. The number of rotatable bonds is 4. The van der Waals surface area contributed by atoms with Crippen LogP contribution in [0.25, 0.3) is 0 Å². The van der Waals surface area contributed by atoms with Gasteiger partial charge in [0.2, 0.25) is 0 Å². The molecule has 12 fully saturated rings. The summed E-state index contributed by atoms with van der Waals surface area (Å²) < 4.78 is 0. The highest BCUT2D eigenvalue weighted by molar-refractivity contribution is 5.53. The molecule has 0 radical (unpaired) electrons. The first kappa shape index (κ1) is 33.1. The Bertz CT molecular complexity index is 1560. The molecule has 2 aromatic carbocycles. The van der Waals surface area contributed by atoms with Crippen LogP contribution < -0.4 is 9.80 Å². The van der Waals surface area contributed by atoms with Crippen LogP contribution in [0.1, 0.15) is 141 Å². The second kappa shape index (κ2) is 12.3. The minimum Gasteiger partial charge on any atom is -0.365 e. The summed E-state index contributed by atoms with van der Waals surface area (Å²) in [5.74, 6) is 11.9. The van der Waals surface area contributed by atoms with Crippen molar-refractivity contribution in [2.75, 3.05) is 9.80 Å². The molecule has 2 heterocycles. The Morgan fingerprint density at radius 3 is 1.20 bits per heavy atom. The van der Waals surface area contributed by atoms with E-state index in [0.29, 0.717) is 10.8 Å². The fourth-order valence-corrected chi connectivity index (χ4v) is 20.7. The summed E-state index contributed by atoms with van der Waals surface area (Å²) in [5.41, 5.74) is 4.48. The van der Waals surface area contributed by atoms with Crippen LogP contribution in [0.4, 0.5) is 11.4 Å². The van der Waals surface area contributed by atoms with Gasteiger partial charge in [0.1, 0.15) is 0 Å². The standard InChI is InChI=1S/C52H70N2/c1-3-15-35(16-4-1)53-43-25-13-11-23-41(43)45-47(37-19-7-9-21-39(37)49(45)53)51-28-33-27-34(29-51)31-52(30-33,32-51)48-38-20-8-10-22-40(38)50-46(48)42-24-12-14-26-44(42)54(50)36-17-5-2-6-18-36/h1-6,15-18,33-34,37-50H,7-14,19-32H2. The van der Waals surface area contributed by atoms with Crippen molar-refractivity contribution >= 4 is 11.4 Å². The molecule has 14 rings (SSSR count). The van der Waals surface area contributed by atoms with Gasteiger partial charge >= 0.3 is 0 Å². The van der Waals surface area contributed by atoms with E-state index in [2.05, 4.69) is 70.5 Å². The topological polar surface area (TPSA) is 6.48 Å². The maximum atomic E-state index is 3.17. The predicted octanol–water partition coefficient (Wildman–Crippen LogP) is 12.6. The van der Waals surface area contributed by atoms with Crippen molar-refractivity contribution in [3.05, 3.63) is 60.7 Å². The van der Waals surface area contributed by atoms with Gasteiger partial charge < -0.3 is 9.80 Å². The van der Waals surface area contributed by atoms with Crippen LogP contribution in [0.5, 0.6) is 0 Å². The maximum absolute atomic E-state index is 3.17.